The largest absolute Gasteiger partial charge is 0.726 e. The minimum Gasteiger partial charge on any atom is -0.726 e. The van der Waals surface area contributed by atoms with Crippen LogP contribution >= 0.6 is 21.6 Å². The Labute approximate surface area is 398 Å². The van der Waals surface area contributed by atoms with E-state index < -0.39 is 53.8 Å². The van der Waals surface area contributed by atoms with Gasteiger partial charge in [0.25, 0.3) is 20.8 Å². The second-order valence-corrected chi connectivity index (χ2v) is 22.0. The number of unbranched alkanes of at least 4 members (excludes halogenated alkanes) is 6. The number of aromatic hydroxyl groups is 2. The lowest BCUT2D eigenvalue weighted by atomic mass is 10.0. The van der Waals surface area contributed by atoms with Crippen molar-refractivity contribution in [2.75, 3.05) is 0 Å². The van der Waals surface area contributed by atoms with Gasteiger partial charge in [0.2, 0.25) is 20.8 Å². The minimum atomic E-state index is -5.08. The molecule has 2 N–H and O–H groups in total. The molecule has 0 aliphatic rings. The topological polar surface area (TPSA) is 306 Å². The first-order valence-electron chi connectivity index (χ1n) is 21.0. The van der Waals surface area contributed by atoms with Crippen molar-refractivity contribution in [2.24, 2.45) is 0 Å². The van der Waals surface area contributed by atoms with E-state index in [1.807, 2.05) is 0 Å². The average molecular weight is 1040 g/mol. The SMILES string of the molecule is C/C=C/C=C/CC(CC(CCCCCCc1cc(O)cc(OS(=O)(=O)[O-])c1)SSC(CCCCCCc1cc(O)cc(OS(=O)(=O)[O-])c1)CC(C/C=C/C=C/C)OS(=O)(=O)[O-])OS(=O)(=O)[O-]. The van der Waals surface area contributed by atoms with Crippen LogP contribution in [0.1, 0.15) is 115 Å². The van der Waals surface area contributed by atoms with E-state index in [1.165, 1.54) is 45.9 Å². The van der Waals surface area contributed by atoms with Crippen molar-refractivity contribution >= 4 is 63.2 Å². The lowest BCUT2D eigenvalue weighted by Gasteiger charge is -2.27. The van der Waals surface area contributed by atoms with E-state index in [1.54, 1.807) is 62.5 Å². The monoisotopic (exact) mass is 1040 g/mol. The summed E-state index contributed by atoms with van der Waals surface area (Å²) in [6.07, 6.45) is 19.7. The van der Waals surface area contributed by atoms with Crippen molar-refractivity contribution < 1.29 is 78.8 Å². The molecule has 0 aromatic heterocycles. The molecule has 0 spiro atoms. The predicted octanol–water partition coefficient (Wildman–Crippen LogP) is 8.10. The molecule has 0 bridgehead atoms. The number of rotatable bonds is 35. The summed E-state index contributed by atoms with van der Waals surface area (Å²) in [5, 5.41) is 19.4. The van der Waals surface area contributed by atoms with Gasteiger partial charge in [0.15, 0.2) is 0 Å². The van der Waals surface area contributed by atoms with Gasteiger partial charge in [-0.25, -0.2) is 33.7 Å². The van der Waals surface area contributed by atoms with E-state index in [-0.39, 0.29) is 59.2 Å². The Morgan fingerprint density at radius 2 is 0.879 bits per heavy atom. The Kier molecular flexibility index (Phi) is 27.1. The maximum absolute atomic E-state index is 11.8. The fourth-order valence-electron chi connectivity index (χ4n) is 6.69. The molecule has 18 nitrogen and oxygen atoms in total. The molecule has 4 atom stereocenters. The Morgan fingerprint density at radius 1 is 0.515 bits per heavy atom. The summed E-state index contributed by atoms with van der Waals surface area (Å²) in [5.74, 6) is -1.15. The molecule has 2 rings (SSSR count). The zero-order valence-electron chi connectivity index (χ0n) is 36.6. The summed E-state index contributed by atoms with van der Waals surface area (Å²) in [6.45, 7) is 3.61. The summed E-state index contributed by atoms with van der Waals surface area (Å²) >= 11 is 0. The molecule has 2 aromatic carbocycles. The Hall–Kier alpha value is -3.14. The fourth-order valence-corrected chi connectivity index (χ4v) is 11.8. The van der Waals surface area contributed by atoms with Gasteiger partial charge in [0.05, 0.1) is 12.2 Å². The molecule has 0 radical (unpaired) electrons. The number of allylic oxidation sites excluding steroid dienone is 6. The first kappa shape index (κ1) is 59.0. The summed E-state index contributed by atoms with van der Waals surface area (Å²) < 4.78 is 156. The van der Waals surface area contributed by atoms with E-state index in [0.717, 1.165) is 12.1 Å². The van der Waals surface area contributed by atoms with E-state index in [9.17, 15) is 62.1 Å². The van der Waals surface area contributed by atoms with E-state index in [2.05, 4.69) is 8.37 Å². The van der Waals surface area contributed by atoms with E-state index in [4.69, 9.17) is 8.37 Å². The molecule has 66 heavy (non-hydrogen) atoms. The van der Waals surface area contributed by atoms with Crippen LogP contribution in [-0.2, 0) is 62.8 Å². The molecule has 4 unspecified atom stereocenters. The van der Waals surface area contributed by atoms with Crippen molar-refractivity contribution in [3.63, 3.8) is 0 Å². The van der Waals surface area contributed by atoms with Gasteiger partial charge in [-0.2, -0.15) is 0 Å². The molecule has 0 aliphatic carbocycles. The maximum atomic E-state index is 11.8. The number of hydrogen-bond donors (Lipinski definition) is 2. The van der Waals surface area contributed by atoms with E-state index >= 15 is 0 Å². The van der Waals surface area contributed by atoms with Gasteiger partial charge >= 0.3 is 0 Å². The third-order valence-corrected chi connectivity index (χ3v) is 14.6. The van der Waals surface area contributed by atoms with Crippen molar-refractivity contribution in [3.05, 3.63) is 96.1 Å². The highest BCUT2D eigenvalue weighted by Gasteiger charge is 2.24. The zero-order valence-corrected chi connectivity index (χ0v) is 41.5. The van der Waals surface area contributed by atoms with Crippen LogP contribution in [0.5, 0.6) is 23.0 Å². The molecule has 2 aromatic rings. The van der Waals surface area contributed by atoms with Crippen molar-refractivity contribution in [2.45, 2.75) is 139 Å². The highest BCUT2D eigenvalue weighted by atomic mass is 33.1. The minimum absolute atomic E-state index is 0.116. The lowest BCUT2D eigenvalue weighted by Crippen LogP contribution is -2.23. The van der Waals surface area contributed by atoms with Crippen LogP contribution in [0.4, 0.5) is 0 Å². The fraction of sp³-hybridized carbons (Fsp3) is 0.524. The molecule has 0 heterocycles. The first-order valence-corrected chi connectivity index (χ1v) is 28.6. The summed E-state index contributed by atoms with van der Waals surface area (Å²) in [6, 6.07) is 7.58. The molecule has 374 valence electrons. The Morgan fingerprint density at radius 3 is 1.21 bits per heavy atom. The second kappa shape index (κ2) is 30.4. The van der Waals surface area contributed by atoms with Crippen molar-refractivity contribution in [1.29, 1.82) is 0 Å². The van der Waals surface area contributed by atoms with Crippen LogP contribution in [0.15, 0.2) is 85.0 Å². The zero-order chi connectivity index (χ0) is 49.2. The standard InChI is InChI=1S/C42H62O18S6/c1-3-5-7-15-21-37(57-63(45,46)47)31-41(23-17-11-9-13-19-33-25-35(43)29-39(27-33)59-65(51,52)53)61-62-42(32-38(58-64(48,49)50)22-16-8-6-4-2)24-18-12-10-14-20-34-26-36(44)30-40(28-34)60-66(54,55)56/h3-8,15-16,25-30,37-38,41-44H,9-14,17-24,31-32H2,1-2H3,(H,45,46,47)(H,48,49,50)(H,51,52,53)(H,54,55,56)/p-4/b5-3+,6-4+,15-7+,16-8+. The third-order valence-electron chi connectivity index (χ3n) is 9.35. The summed E-state index contributed by atoms with van der Waals surface area (Å²) in [4.78, 5) is 0. The third kappa shape index (κ3) is 31.0. The normalized spacial score (nSPS) is 14.9. The number of phenolic OH excluding ortho intramolecular Hbond substituents is 2. The van der Waals surface area contributed by atoms with Gasteiger partial charge in [0, 0.05) is 22.6 Å². The van der Waals surface area contributed by atoms with Crippen LogP contribution in [0.3, 0.4) is 0 Å². The molecular formula is C42H58O18S6-4. The van der Waals surface area contributed by atoms with Crippen molar-refractivity contribution in [3.8, 4) is 23.0 Å². The molecular weight excluding hydrogens is 985 g/mol. The summed E-state index contributed by atoms with van der Waals surface area (Å²) in [5.41, 5.74) is 1.10. The van der Waals surface area contributed by atoms with Gasteiger partial charge in [-0.15, -0.1) is 0 Å². The Balaban J connectivity index is 2.25. The molecule has 0 fully saturated rings. The van der Waals surface area contributed by atoms with Crippen LogP contribution in [0, 0.1) is 0 Å². The number of aryl methyl sites for hydroxylation is 2. The van der Waals surface area contributed by atoms with Gasteiger partial charge < -0.3 is 36.8 Å². The second-order valence-electron chi connectivity index (χ2n) is 15.1. The first-order chi connectivity index (χ1) is 30.9. The number of benzene rings is 2. The van der Waals surface area contributed by atoms with Gasteiger partial charge in [0.1, 0.15) is 23.0 Å². The Bertz CT molecular complexity index is 2170. The van der Waals surface area contributed by atoms with Gasteiger partial charge in [-0.3, -0.25) is 8.37 Å². The van der Waals surface area contributed by atoms with Gasteiger partial charge in [-0.05, 0) is 113 Å². The highest BCUT2D eigenvalue weighted by molar-refractivity contribution is 8.77. The summed E-state index contributed by atoms with van der Waals surface area (Å²) in [7, 11) is -17.4. The molecule has 0 amide bonds. The van der Waals surface area contributed by atoms with Crippen LogP contribution in [0.2, 0.25) is 0 Å². The average Bonchev–Trinajstić information content (AvgIpc) is 3.16. The lowest BCUT2D eigenvalue weighted by molar-refractivity contribution is 0.168. The molecule has 0 saturated carbocycles. The predicted molar refractivity (Wildman–Crippen MR) is 249 cm³/mol. The molecule has 0 aliphatic heterocycles. The van der Waals surface area contributed by atoms with E-state index in [0.29, 0.717) is 88.2 Å². The highest BCUT2D eigenvalue weighted by Crippen LogP contribution is 2.41. The van der Waals surface area contributed by atoms with Crippen LogP contribution in [-0.4, -0.2) is 84.8 Å². The quantitative estimate of drug-likeness (QED) is 0.0216. The van der Waals surface area contributed by atoms with Crippen LogP contribution in [0.25, 0.3) is 0 Å². The smallest absolute Gasteiger partial charge is 0.262 e. The van der Waals surface area contributed by atoms with Crippen molar-refractivity contribution in [1.82, 2.24) is 0 Å². The number of hydrogen-bond acceptors (Lipinski definition) is 20. The van der Waals surface area contributed by atoms with Gasteiger partial charge in [-0.1, -0.05) is 109 Å². The molecule has 24 heteroatoms. The molecule has 0 saturated heterocycles. The maximum Gasteiger partial charge on any atom is 0.262 e. The van der Waals surface area contributed by atoms with Crippen LogP contribution < -0.4 is 8.37 Å². The number of phenols is 2.